The quantitative estimate of drug-likeness (QED) is 0.823. The van der Waals surface area contributed by atoms with E-state index >= 15 is 0 Å². The summed E-state index contributed by atoms with van der Waals surface area (Å²) in [6.07, 6.45) is 5.59. The SMILES string of the molecule is Clc1ccc(/C=C/CN2CCC3(CNc4ccc(Cl)cc43)C2)cc1. The van der Waals surface area contributed by atoms with Gasteiger partial charge in [0.1, 0.15) is 0 Å². The zero-order chi connectivity index (χ0) is 16.6. The molecule has 1 spiro atoms. The van der Waals surface area contributed by atoms with Crippen LogP contribution in [0.1, 0.15) is 17.5 Å². The Labute approximate surface area is 153 Å². The van der Waals surface area contributed by atoms with E-state index in [1.165, 1.54) is 23.2 Å². The number of nitrogens with one attached hydrogen (secondary N) is 1. The number of benzene rings is 2. The predicted octanol–water partition coefficient (Wildman–Crippen LogP) is 5.08. The van der Waals surface area contributed by atoms with Gasteiger partial charge in [-0.2, -0.15) is 0 Å². The summed E-state index contributed by atoms with van der Waals surface area (Å²) in [5, 5.41) is 5.16. The van der Waals surface area contributed by atoms with Crippen molar-refractivity contribution in [2.45, 2.75) is 11.8 Å². The number of nitrogens with zero attached hydrogens (tertiary/aromatic N) is 1. The van der Waals surface area contributed by atoms with Crippen LogP contribution in [0.25, 0.3) is 6.08 Å². The molecule has 2 aromatic rings. The molecule has 1 N–H and O–H groups in total. The van der Waals surface area contributed by atoms with E-state index in [2.05, 4.69) is 34.5 Å². The van der Waals surface area contributed by atoms with Gasteiger partial charge in [-0.15, -0.1) is 0 Å². The molecule has 2 aliphatic rings. The lowest BCUT2D eigenvalue weighted by Gasteiger charge is -2.24. The molecule has 0 aromatic heterocycles. The third-order valence-electron chi connectivity index (χ3n) is 5.15. The molecule has 0 saturated carbocycles. The summed E-state index contributed by atoms with van der Waals surface area (Å²) in [4.78, 5) is 2.52. The first-order valence-electron chi connectivity index (χ1n) is 8.33. The van der Waals surface area contributed by atoms with E-state index in [0.717, 1.165) is 36.2 Å². The van der Waals surface area contributed by atoms with Gasteiger partial charge in [0.15, 0.2) is 0 Å². The van der Waals surface area contributed by atoms with Gasteiger partial charge in [-0.1, -0.05) is 47.5 Å². The molecule has 0 bridgehead atoms. The monoisotopic (exact) mass is 358 g/mol. The highest BCUT2D eigenvalue weighted by Crippen LogP contribution is 2.44. The number of hydrogen-bond donors (Lipinski definition) is 1. The molecule has 2 heterocycles. The predicted molar refractivity (Wildman–Crippen MR) is 103 cm³/mol. The van der Waals surface area contributed by atoms with Crippen LogP contribution in [0.3, 0.4) is 0 Å². The molecule has 4 rings (SSSR count). The van der Waals surface area contributed by atoms with Crippen LogP contribution in [0.2, 0.25) is 10.0 Å². The molecule has 1 atom stereocenters. The van der Waals surface area contributed by atoms with E-state index in [0.29, 0.717) is 0 Å². The van der Waals surface area contributed by atoms with Crippen LogP contribution in [-0.4, -0.2) is 31.1 Å². The minimum absolute atomic E-state index is 0.217. The molecule has 0 aliphatic carbocycles. The normalized spacial score (nSPS) is 23.1. The zero-order valence-electron chi connectivity index (χ0n) is 13.4. The number of anilines is 1. The molecule has 0 amide bonds. The number of likely N-dealkylation sites (tertiary alicyclic amines) is 1. The number of hydrogen-bond acceptors (Lipinski definition) is 2. The zero-order valence-corrected chi connectivity index (χ0v) is 14.9. The first-order chi connectivity index (χ1) is 11.6. The Morgan fingerprint density at radius 3 is 2.71 bits per heavy atom. The standard InChI is InChI=1S/C20H20Cl2N2/c21-16-5-3-15(4-6-16)2-1-10-24-11-9-20(14-24)13-23-19-8-7-17(22)12-18(19)20/h1-8,12,23H,9-11,13-14H2/b2-1+. The van der Waals surface area contributed by atoms with Crippen molar-refractivity contribution in [3.63, 3.8) is 0 Å². The van der Waals surface area contributed by atoms with Crippen LogP contribution >= 0.6 is 23.2 Å². The summed E-state index contributed by atoms with van der Waals surface area (Å²) < 4.78 is 0. The Bertz CT molecular complexity index is 770. The van der Waals surface area contributed by atoms with Crippen LogP contribution in [0.5, 0.6) is 0 Å². The van der Waals surface area contributed by atoms with Crippen molar-refractivity contribution in [3.05, 3.63) is 69.7 Å². The van der Waals surface area contributed by atoms with Crippen molar-refractivity contribution < 1.29 is 0 Å². The van der Waals surface area contributed by atoms with Crippen LogP contribution in [0, 0.1) is 0 Å². The molecule has 0 radical (unpaired) electrons. The Hall–Kier alpha value is -1.48. The summed E-state index contributed by atoms with van der Waals surface area (Å²) in [6.45, 7) is 4.19. The molecule has 1 unspecified atom stereocenters. The molecule has 2 aromatic carbocycles. The van der Waals surface area contributed by atoms with Crippen molar-refractivity contribution in [1.82, 2.24) is 4.90 Å². The molecule has 4 heteroatoms. The summed E-state index contributed by atoms with van der Waals surface area (Å²) >= 11 is 12.1. The minimum atomic E-state index is 0.217. The topological polar surface area (TPSA) is 15.3 Å². The molecule has 124 valence electrons. The van der Waals surface area contributed by atoms with Gasteiger partial charge in [-0.3, -0.25) is 4.90 Å². The first kappa shape index (κ1) is 16.0. The summed E-state index contributed by atoms with van der Waals surface area (Å²) in [5.41, 5.74) is 4.04. The van der Waals surface area contributed by atoms with E-state index in [4.69, 9.17) is 23.2 Å². The van der Waals surface area contributed by atoms with Crippen LogP contribution in [-0.2, 0) is 5.41 Å². The van der Waals surface area contributed by atoms with Crippen LogP contribution < -0.4 is 5.32 Å². The minimum Gasteiger partial charge on any atom is -0.384 e. The van der Waals surface area contributed by atoms with E-state index in [9.17, 15) is 0 Å². The largest absolute Gasteiger partial charge is 0.384 e. The fraction of sp³-hybridized carbons (Fsp3) is 0.300. The lowest BCUT2D eigenvalue weighted by molar-refractivity contribution is 0.349. The molecule has 1 fully saturated rings. The van der Waals surface area contributed by atoms with Crippen molar-refractivity contribution >= 4 is 35.0 Å². The molecule has 1 saturated heterocycles. The molecule has 2 nitrogen and oxygen atoms in total. The Morgan fingerprint density at radius 1 is 1.08 bits per heavy atom. The highest BCUT2D eigenvalue weighted by atomic mass is 35.5. The van der Waals surface area contributed by atoms with E-state index in [-0.39, 0.29) is 5.41 Å². The molecule has 2 aliphatic heterocycles. The van der Waals surface area contributed by atoms with Crippen molar-refractivity contribution in [3.8, 4) is 0 Å². The maximum Gasteiger partial charge on any atom is 0.0410 e. The highest BCUT2D eigenvalue weighted by Gasteiger charge is 2.43. The second-order valence-electron chi connectivity index (χ2n) is 6.76. The second-order valence-corrected chi connectivity index (χ2v) is 7.64. The smallest absolute Gasteiger partial charge is 0.0410 e. The Morgan fingerprint density at radius 2 is 1.88 bits per heavy atom. The Kier molecular flexibility index (Phi) is 4.29. The summed E-state index contributed by atoms with van der Waals surface area (Å²) in [5.74, 6) is 0. The number of halogens is 2. The van der Waals surface area contributed by atoms with Gasteiger partial charge in [0.25, 0.3) is 0 Å². The van der Waals surface area contributed by atoms with Crippen molar-refractivity contribution in [2.75, 3.05) is 31.5 Å². The third kappa shape index (κ3) is 3.06. The van der Waals surface area contributed by atoms with Crippen LogP contribution in [0.4, 0.5) is 5.69 Å². The maximum atomic E-state index is 6.22. The number of fused-ring (bicyclic) bond motifs is 2. The van der Waals surface area contributed by atoms with Gasteiger partial charge >= 0.3 is 0 Å². The Balaban J connectivity index is 1.43. The fourth-order valence-corrected chi connectivity index (χ4v) is 4.16. The molecular weight excluding hydrogens is 339 g/mol. The lowest BCUT2D eigenvalue weighted by atomic mass is 9.82. The lowest BCUT2D eigenvalue weighted by Crippen LogP contribution is -2.32. The highest BCUT2D eigenvalue weighted by molar-refractivity contribution is 6.31. The van der Waals surface area contributed by atoms with Gasteiger partial charge in [0, 0.05) is 40.8 Å². The van der Waals surface area contributed by atoms with Crippen LogP contribution in [0.15, 0.2) is 48.5 Å². The summed E-state index contributed by atoms with van der Waals surface area (Å²) in [6, 6.07) is 14.2. The van der Waals surface area contributed by atoms with Gasteiger partial charge in [0.2, 0.25) is 0 Å². The summed E-state index contributed by atoms with van der Waals surface area (Å²) in [7, 11) is 0. The molecular formula is C20H20Cl2N2. The van der Waals surface area contributed by atoms with E-state index < -0.39 is 0 Å². The van der Waals surface area contributed by atoms with Crippen molar-refractivity contribution in [2.24, 2.45) is 0 Å². The fourth-order valence-electron chi connectivity index (χ4n) is 3.86. The van der Waals surface area contributed by atoms with E-state index in [1.54, 1.807) is 0 Å². The average Bonchev–Trinajstić information content (AvgIpc) is 3.15. The number of rotatable bonds is 3. The second kappa shape index (κ2) is 6.44. The molecule has 24 heavy (non-hydrogen) atoms. The maximum absolute atomic E-state index is 6.22. The van der Waals surface area contributed by atoms with Gasteiger partial charge in [-0.25, -0.2) is 0 Å². The first-order valence-corrected chi connectivity index (χ1v) is 9.09. The van der Waals surface area contributed by atoms with Crippen molar-refractivity contribution in [1.29, 1.82) is 0 Å². The van der Waals surface area contributed by atoms with E-state index in [1.807, 2.05) is 30.3 Å². The average molecular weight is 359 g/mol. The van der Waals surface area contributed by atoms with Gasteiger partial charge in [0.05, 0.1) is 0 Å². The van der Waals surface area contributed by atoms with Gasteiger partial charge < -0.3 is 5.32 Å². The van der Waals surface area contributed by atoms with Gasteiger partial charge in [-0.05, 0) is 54.4 Å². The third-order valence-corrected chi connectivity index (χ3v) is 5.63.